The normalized spacial score (nSPS) is 13.0. The Kier molecular flexibility index (Phi) is 2.79. The van der Waals surface area contributed by atoms with E-state index >= 15 is 0 Å². The van der Waals surface area contributed by atoms with Gasteiger partial charge >= 0.3 is 0 Å². The van der Waals surface area contributed by atoms with E-state index < -0.39 is 11.9 Å². The third kappa shape index (κ3) is 2.13. The molecule has 0 aliphatic rings. The van der Waals surface area contributed by atoms with Crippen LogP contribution in [0.2, 0.25) is 0 Å². The lowest BCUT2D eigenvalue weighted by atomic mass is 10.2. The molecule has 1 unspecified atom stereocenters. The second-order valence-electron chi connectivity index (χ2n) is 2.11. The Morgan fingerprint density at radius 1 is 1.64 bits per heavy atom. The molecule has 1 rings (SSSR count). The van der Waals surface area contributed by atoms with Crippen molar-refractivity contribution < 1.29 is 9.50 Å². The van der Waals surface area contributed by atoms with E-state index in [1.807, 2.05) is 0 Å². The van der Waals surface area contributed by atoms with Gasteiger partial charge in [-0.3, -0.25) is 4.98 Å². The molecule has 0 aliphatic heterocycles. The predicted molar refractivity (Wildman–Crippen MR) is 39.9 cm³/mol. The number of halogens is 2. The Morgan fingerprint density at radius 3 is 2.91 bits per heavy atom. The summed E-state index contributed by atoms with van der Waals surface area (Å²) in [7, 11) is 0. The first-order valence-electron chi connectivity index (χ1n) is 3.08. The zero-order valence-electron chi connectivity index (χ0n) is 5.67. The standard InChI is InChI=1S/C7H7ClFNO/c8-2-7(11)5-1-6(9)4-10-3-5/h1,3-4,7,11H,2H2. The number of aliphatic hydroxyl groups excluding tert-OH is 1. The van der Waals surface area contributed by atoms with E-state index in [2.05, 4.69) is 4.98 Å². The minimum atomic E-state index is -0.833. The molecule has 0 aliphatic carbocycles. The van der Waals surface area contributed by atoms with Crippen molar-refractivity contribution in [3.05, 3.63) is 29.8 Å². The molecule has 60 valence electrons. The average Bonchev–Trinajstić information content (AvgIpc) is 2.03. The molecule has 1 aromatic rings. The molecule has 0 spiro atoms. The smallest absolute Gasteiger partial charge is 0.141 e. The van der Waals surface area contributed by atoms with Gasteiger partial charge in [-0.15, -0.1) is 11.6 Å². The van der Waals surface area contributed by atoms with Crippen molar-refractivity contribution in [3.63, 3.8) is 0 Å². The summed E-state index contributed by atoms with van der Waals surface area (Å²) >= 11 is 5.34. The van der Waals surface area contributed by atoms with Gasteiger partial charge in [0, 0.05) is 11.8 Å². The summed E-state index contributed by atoms with van der Waals surface area (Å²) in [5, 5.41) is 9.12. The zero-order valence-corrected chi connectivity index (χ0v) is 6.42. The van der Waals surface area contributed by atoms with Crippen molar-refractivity contribution >= 4 is 11.6 Å². The van der Waals surface area contributed by atoms with Gasteiger partial charge in [0.1, 0.15) is 5.82 Å². The molecule has 0 fully saturated rings. The molecule has 0 radical (unpaired) electrons. The number of aromatic nitrogens is 1. The zero-order chi connectivity index (χ0) is 8.27. The highest BCUT2D eigenvalue weighted by Gasteiger charge is 2.05. The number of aliphatic hydroxyl groups is 1. The minimum Gasteiger partial charge on any atom is -0.387 e. The third-order valence-electron chi connectivity index (χ3n) is 1.26. The average molecular weight is 176 g/mol. The monoisotopic (exact) mass is 175 g/mol. The first-order chi connectivity index (χ1) is 5.24. The Hall–Kier alpha value is -0.670. The van der Waals surface area contributed by atoms with Gasteiger partial charge in [0.05, 0.1) is 18.2 Å². The molecule has 1 atom stereocenters. The summed E-state index contributed by atoms with van der Waals surface area (Å²) in [4.78, 5) is 3.56. The van der Waals surface area contributed by atoms with Crippen LogP contribution in [0.5, 0.6) is 0 Å². The van der Waals surface area contributed by atoms with Crippen LogP contribution in [-0.4, -0.2) is 16.0 Å². The molecule has 4 heteroatoms. The fourth-order valence-electron chi connectivity index (χ4n) is 0.700. The van der Waals surface area contributed by atoms with Gasteiger partial charge in [0.15, 0.2) is 0 Å². The Bertz CT molecular complexity index is 244. The Labute approximate surface area is 68.6 Å². The summed E-state index contributed by atoms with van der Waals surface area (Å²) in [5.41, 5.74) is 0.403. The van der Waals surface area contributed by atoms with Crippen LogP contribution in [0, 0.1) is 5.82 Å². The predicted octanol–water partition coefficient (Wildman–Crippen LogP) is 1.49. The van der Waals surface area contributed by atoms with Crippen LogP contribution >= 0.6 is 11.6 Å². The van der Waals surface area contributed by atoms with Gasteiger partial charge in [0.2, 0.25) is 0 Å². The molecule has 0 amide bonds. The fourth-order valence-corrected chi connectivity index (χ4v) is 0.878. The molecule has 1 heterocycles. The Morgan fingerprint density at radius 2 is 2.36 bits per heavy atom. The van der Waals surface area contributed by atoms with E-state index in [0.717, 1.165) is 6.20 Å². The quantitative estimate of drug-likeness (QED) is 0.691. The Balaban J connectivity index is 2.86. The van der Waals surface area contributed by atoms with E-state index in [4.69, 9.17) is 16.7 Å². The highest BCUT2D eigenvalue weighted by Crippen LogP contribution is 2.13. The highest BCUT2D eigenvalue weighted by atomic mass is 35.5. The number of rotatable bonds is 2. The molecular weight excluding hydrogens is 169 g/mol. The third-order valence-corrected chi connectivity index (χ3v) is 1.55. The summed E-state index contributed by atoms with van der Waals surface area (Å²) < 4.78 is 12.4. The minimum absolute atomic E-state index is 0.0468. The van der Waals surface area contributed by atoms with E-state index in [1.54, 1.807) is 0 Å². The second-order valence-corrected chi connectivity index (χ2v) is 2.42. The summed E-state index contributed by atoms with van der Waals surface area (Å²) in [6.07, 6.45) is 1.63. The molecule has 0 aromatic carbocycles. The summed E-state index contributed by atoms with van der Waals surface area (Å²) in [6.45, 7) is 0. The lowest BCUT2D eigenvalue weighted by Crippen LogP contribution is -1.99. The number of alkyl halides is 1. The molecule has 1 N–H and O–H groups in total. The highest BCUT2D eigenvalue weighted by molar-refractivity contribution is 6.18. The molecule has 0 saturated carbocycles. The van der Waals surface area contributed by atoms with E-state index in [1.165, 1.54) is 12.3 Å². The lowest BCUT2D eigenvalue weighted by Gasteiger charge is -2.04. The molecule has 1 aromatic heterocycles. The molecule has 2 nitrogen and oxygen atoms in total. The van der Waals surface area contributed by atoms with Crippen LogP contribution in [0.1, 0.15) is 11.7 Å². The molecule has 0 bridgehead atoms. The van der Waals surface area contributed by atoms with Gasteiger partial charge in [-0.05, 0) is 6.07 Å². The topological polar surface area (TPSA) is 33.1 Å². The van der Waals surface area contributed by atoms with Gasteiger partial charge < -0.3 is 5.11 Å². The van der Waals surface area contributed by atoms with Crippen LogP contribution in [0.15, 0.2) is 18.5 Å². The number of nitrogens with zero attached hydrogens (tertiary/aromatic N) is 1. The maximum atomic E-state index is 12.4. The van der Waals surface area contributed by atoms with Gasteiger partial charge in [-0.2, -0.15) is 0 Å². The van der Waals surface area contributed by atoms with Gasteiger partial charge in [0.25, 0.3) is 0 Å². The van der Waals surface area contributed by atoms with Crippen molar-refractivity contribution in [3.8, 4) is 0 Å². The second kappa shape index (κ2) is 3.64. The number of hydrogen-bond donors (Lipinski definition) is 1. The first kappa shape index (κ1) is 8.43. The van der Waals surface area contributed by atoms with Crippen molar-refractivity contribution in [2.24, 2.45) is 0 Å². The van der Waals surface area contributed by atoms with Crippen LogP contribution in [0.4, 0.5) is 4.39 Å². The fraction of sp³-hybridized carbons (Fsp3) is 0.286. The summed E-state index contributed by atoms with van der Waals surface area (Å²) in [5.74, 6) is -0.419. The maximum Gasteiger partial charge on any atom is 0.141 e. The molecule has 0 saturated heterocycles. The van der Waals surface area contributed by atoms with E-state index in [-0.39, 0.29) is 5.88 Å². The van der Waals surface area contributed by atoms with E-state index in [9.17, 15) is 4.39 Å². The summed E-state index contributed by atoms with van der Waals surface area (Å²) in [6, 6.07) is 1.21. The lowest BCUT2D eigenvalue weighted by molar-refractivity contribution is 0.201. The first-order valence-corrected chi connectivity index (χ1v) is 3.62. The van der Waals surface area contributed by atoms with Crippen LogP contribution in [0.25, 0.3) is 0 Å². The molecule has 11 heavy (non-hydrogen) atoms. The molecular formula is C7H7ClFNO. The van der Waals surface area contributed by atoms with Crippen molar-refractivity contribution in [2.75, 3.05) is 5.88 Å². The van der Waals surface area contributed by atoms with Crippen LogP contribution < -0.4 is 0 Å². The van der Waals surface area contributed by atoms with Crippen molar-refractivity contribution in [1.29, 1.82) is 0 Å². The van der Waals surface area contributed by atoms with Crippen LogP contribution in [0.3, 0.4) is 0 Å². The maximum absolute atomic E-state index is 12.4. The van der Waals surface area contributed by atoms with Crippen LogP contribution in [-0.2, 0) is 0 Å². The number of hydrogen-bond acceptors (Lipinski definition) is 2. The van der Waals surface area contributed by atoms with E-state index in [0.29, 0.717) is 5.56 Å². The van der Waals surface area contributed by atoms with Gasteiger partial charge in [-0.25, -0.2) is 4.39 Å². The SMILES string of the molecule is OC(CCl)c1cncc(F)c1. The van der Waals surface area contributed by atoms with Gasteiger partial charge in [-0.1, -0.05) is 0 Å². The number of pyridine rings is 1. The largest absolute Gasteiger partial charge is 0.387 e. The van der Waals surface area contributed by atoms with Crippen molar-refractivity contribution in [2.45, 2.75) is 6.10 Å². The van der Waals surface area contributed by atoms with Crippen molar-refractivity contribution in [1.82, 2.24) is 4.98 Å².